The fourth-order valence-corrected chi connectivity index (χ4v) is 6.42. The second-order valence-electron chi connectivity index (χ2n) is 9.50. The van der Waals surface area contributed by atoms with Gasteiger partial charge in [-0.15, -0.1) is 6.58 Å². The third-order valence-electron chi connectivity index (χ3n) is 7.92. The van der Waals surface area contributed by atoms with Crippen molar-refractivity contribution in [2.24, 2.45) is 28.1 Å². The first-order chi connectivity index (χ1) is 11.3. The Morgan fingerprint density at radius 1 is 1.25 bits per heavy atom. The predicted octanol–water partition coefficient (Wildman–Crippen LogP) is 6.06. The third kappa shape index (κ3) is 2.64. The van der Waals surface area contributed by atoms with Gasteiger partial charge in [0.05, 0.1) is 6.10 Å². The van der Waals surface area contributed by atoms with Crippen molar-refractivity contribution in [3.8, 4) is 0 Å². The average molecular weight is 329 g/mol. The number of aliphatic hydroxyl groups is 1. The van der Waals surface area contributed by atoms with E-state index in [0.717, 1.165) is 18.8 Å². The Kier molecular flexibility index (Phi) is 4.62. The van der Waals surface area contributed by atoms with Crippen molar-refractivity contribution in [3.63, 3.8) is 0 Å². The van der Waals surface area contributed by atoms with Gasteiger partial charge >= 0.3 is 0 Å². The normalized spacial score (nSPS) is 46.8. The Labute approximate surface area is 148 Å². The minimum Gasteiger partial charge on any atom is -0.388 e. The quantitative estimate of drug-likeness (QED) is 0.624. The second-order valence-corrected chi connectivity index (χ2v) is 9.50. The molecule has 0 saturated heterocycles. The van der Waals surface area contributed by atoms with Gasteiger partial charge in [-0.1, -0.05) is 57.1 Å². The average Bonchev–Trinajstić information content (AvgIpc) is 2.54. The summed E-state index contributed by atoms with van der Waals surface area (Å²) in [4.78, 5) is 0. The van der Waals surface area contributed by atoms with E-state index in [1.807, 2.05) is 19.1 Å². The van der Waals surface area contributed by atoms with Gasteiger partial charge in [-0.2, -0.15) is 0 Å². The summed E-state index contributed by atoms with van der Waals surface area (Å²) >= 11 is 0. The smallest absolute Gasteiger partial charge is 0.0777 e. The molecule has 1 nitrogen and oxygen atoms in total. The summed E-state index contributed by atoms with van der Waals surface area (Å²) in [6, 6.07) is 0. The van der Waals surface area contributed by atoms with E-state index in [-0.39, 0.29) is 22.3 Å². The number of rotatable bonds is 3. The van der Waals surface area contributed by atoms with Crippen LogP contribution >= 0.6 is 0 Å². The molecule has 134 valence electrons. The Hall–Kier alpha value is -0.820. The molecule has 0 aromatic heterocycles. The van der Waals surface area contributed by atoms with E-state index < -0.39 is 0 Å². The van der Waals surface area contributed by atoms with Crippen LogP contribution in [0.15, 0.2) is 36.5 Å². The summed E-state index contributed by atoms with van der Waals surface area (Å²) in [5.41, 5.74) is 2.29. The first kappa shape index (κ1) is 18.0. The van der Waals surface area contributed by atoms with Gasteiger partial charge in [-0.05, 0) is 68.1 Å². The summed E-state index contributed by atoms with van der Waals surface area (Å²) in [7, 11) is 0. The van der Waals surface area contributed by atoms with E-state index in [4.69, 9.17) is 0 Å². The lowest BCUT2D eigenvalue weighted by Crippen LogP contribution is -2.53. The molecule has 0 heterocycles. The summed E-state index contributed by atoms with van der Waals surface area (Å²) in [5.74, 6) is 1.32. The molecule has 3 rings (SSSR count). The lowest BCUT2D eigenvalue weighted by atomic mass is 9.45. The maximum absolute atomic E-state index is 10.9. The van der Waals surface area contributed by atoms with E-state index in [0.29, 0.717) is 5.92 Å². The summed E-state index contributed by atoms with van der Waals surface area (Å²) < 4.78 is 0. The zero-order chi connectivity index (χ0) is 17.6. The maximum Gasteiger partial charge on any atom is 0.0777 e. The standard InChI is InChI=1S/C23H36O/c1-6-9-20(24)23(5)14-8-13-22(4)18-12-15-21(3,7-2)16-17(18)10-11-19(22)23/h6-7,9,12,17,19-20,24H,2,8,10-11,13-16H2,1,3-5H3/b9-6+/t17?,19?,20?,21-,22-,23+/m0/s1. The van der Waals surface area contributed by atoms with E-state index >= 15 is 0 Å². The van der Waals surface area contributed by atoms with E-state index in [1.165, 1.54) is 32.1 Å². The molecular weight excluding hydrogens is 292 g/mol. The molecule has 24 heavy (non-hydrogen) atoms. The van der Waals surface area contributed by atoms with Crippen LogP contribution in [0.2, 0.25) is 0 Å². The third-order valence-corrected chi connectivity index (χ3v) is 7.92. The molecule has 6 atom stereocenters. The van der Waals surface area contributed by atoms with Crippen LogP contribution in [0.3, 0.4) is 0 Å². The maximum atomic E-state index is 10.9. The summed E-state index contributed by atoms with van der Waals surface area (Å²) in [6.07, 6.45) is 17.1. The molecule has 0 radical (unpaired) electrons. The Morgan fingerprint density at radius 3 is 2.67 bits per heavy atom. The number of aliphatic hydroxyl groups excluding tert-OH is 1. The van der Waals surface area contributed by atoms with Crippen LogP contribution in [0, 0.1) is 28.1 Å². The van der Waals surface area contributed by atoms with Gasteiger partial charge in [-0.25, -0.2) is 0 Å². The van der Waals surface area contributed by atoms with Crippen molar-refractivity contribution in [1.29, 1.82) is 0 Å². The monoisotopic (exact) mass is 328 g/mol. The van der Waals surface area contributed by atoms with Crippen molar-refractivity contribution in [3.05, 3.63) is 36.5 Å². The second kappa shape index (κ2) is 6.16. The van der Waals surface area contributed by atoms with E-state index in [2.05, 4.69) is 39.5 Å². The van der Waals surface area contributed by atoms with Gasteiger partial charge in [0.15, 0.2) is 0 Å². The van der Waals surface area contributed by atoms with Crippen LogP contribution in [-0.4, -0.2) is 11.2 Å². The molecule has 0 aromatic rings. The van der Waals surface area contributed by atoms with Gasteiger partial charge in [0, 0.05) is 5.41 Å². The van der Waals surface area contributed by atoms with Crippen LogP contribution in [0.4, 0.5) is 0 Å². The molecular formula is C23H36O. The largest absolute Gasteiger partial charge is 0.388 e. The highest BCUT2D eigenvalue weighted by molar-refractivity contribution is 5.29. The topological polar surface area (TPSA) is 20.2 Å². The minimum atomic E-state index is -0.314. The lowest BCUT2D eigenvalue weighted by Gasteiger charge is -2.60. The lowest BCUT2D eigenvalue weighted by molar-refractivity contribution is -0.0818. The predicted molar refractivity (Wildman–Crippen MR) is 103 cm³/mol. The zero-order valence-electron chi connectivity index (χ0n) is 16.1. The summed E-state index contributed by atoms with van der Waals surface area (Å²) in [6.45, 7) is 13.3. The number of hydrogen-bond acceptors (Lipinski definition) is 1. The van der Waals surface area contributed by atoms with Crippen LogP contribution in [-0.2, 0) is 0 Å². The number of hydrogen-bond donors (Lipinski definition) is 1. The molecule has 0 spiro atoms. The van der Waals surface area contributed by atoms with Crippen LogP contribution in [0.25, 0.3) is 0 Å². The Morgan fingerprint density at radius 2 is 2.00 bits per heavy atom. The molecule has 0 aromatic carbocycles. The first-order valence-corrected chi connectivity index (χ1v) is 9.94. The van der Waals surface area contributed by atoms with Crippen molar-refractivity contribution in [1.82, 2.24) is 0 Å². The number of fused-ring (bicyclic) bond motifs is 3. The van der Waals surface area contributed by atoms with Crippen molar-refractivity contribution < 1.29 is 5.11 Å². The highest BCUT2D eigenvalue weighted by Crippen LogP contribution is 2.64. The van der Waals surface area contributed by atoms with E-state index in [1.54, 1.807) is 5.57 Å². The molecule has 0 bridgehead atoms. The first-order valence-electron chi connectivity index (χ1n) is 9.94. The molecule has 3 aliphatic rings. The molecule has 3 unspecified atom stereocenters. The molecule has 0 aliphatic heterocycles. The van der Waals surface area contributed by atoms with Crippen molar-refractivity contribution in [2.75, 3.05) is 0 Å². The fourth-order valence-electron chi connectivity index (χ4n) is 6.42. The van der Waals surface area contributed by atoms with Gasteiger partial charge in [0.2, 0.25) is 0 Å². The molecule has 1 N–H and O–H groups in total. The van der Waals surface area contributed by atoms with Crippen LogP contribution in [0.5, 0.6) is 0 Å². The highest BCUT2D eigenvalue weighted by Gasteiger charge is 2.56. The molecule has 3 aliphatic carbocycles. The van der Waals surface area contributed by atoms with Crippen LogP contribution < -0.4 is 0 Å². The minimum absolute atomic E-state index is 0.0184. The molecule has 0 amide bonds. The molecule has 1 heteroatoms. The number of allylic oxidation sites excluding steroid dienone is 4. The van der Waals surface area contributed by atoms with Crippen molar-refractivity contribution >= 4 is 0 Å². The summed E-state index contributed by atoms with van der Waals surface area (Å²) in [5, 5.41) is 10.9. The Bertz CT molecular complexity index is 558. The fraction of sp³-hybridized carbons (Fsp3) is 0.739. The van der Waals surface area contributed by atoms with E-state index in [9.17, 15) is 5.11 Å². The van der Waals surface area contributed by atoms with Gasteiger partial charge < -0.3 is 5.11 Å². The van der Waals surface area contributed by atoms with Gasteiger partial charge in [0.1, 0.15) is 0 Å². The van der Waals surface area contributed by atoms with Gasteiger partial charge in [0.25, 0.3) is 0 Å². The SMILES string of the molecule is C=C[C@@]1(C)CC=C2C(CCC3[C@](C)(C(O)/C=C/C)CCC[C@@]23C)C1. The van der Waals surface area contributed by atoms with Gasteiger partial charge in [-0.3, -0.25) is 0 Å². The van der Waals surface area contributed by atoms with Crippen LogP contribution in [0.1, 0.15) is 72.6 Å². The Balaban J connectivity index is 1.96. The van der Waals surface area contributed by atoms with Crippen molar-refractivity contribution in [2.45, 2.75) is 78.7 Å². The highest BCUT2D eigenvalue weighted by atomic mass is 16.3. The molecule has 2 fully saturated rings. The molecule has 2 saturated carbocycles. The zero-order valence-corrected chi connectivity index (χ0v) is 16.1.